The molecule has 0 aliphatic carbocycles. The maximum atomic E-state index is 13.1. The number of para-hydroxylation sites is 3. The van der Waals surface area contributed by atoms with Gasteiger partial charge in [0.1, 0.15) is 16.5 Å². The van der Waals surface area contributed by atoms with Crippen molar-refractivity contribution in [2.75, 3.05) is 22.1 Å². The van der Waals surface area contributed by atoms with Crippen molar-refractivity contribution in [1.82, 2.24) is 0 Å². The average Bonchev–Trinajstić information content (AvgIpc) is 3.08. The zero-order valence-corrected chi connectivity index (χ0v) is 20.1. The molecule has 8 heteroatoms. The maximum Gasteiger partial charge on any atom is 0.283 e. The summed E-state index contributed by atoms with van der Waals surface area (Å²) in [5.74, 6) is -0.837. The molecule has 7 nitrogen and oxygen atoms in total. The first-order chi connectivity index (χ1) is 16.9. The second-order valence-corrected chi connectivity index (χ2v) is 8.08. The highest BCUT2D eigenvalue weighted by Crippen LogP contribution is 2.32. The summed E-state index contributed by atoms with van der Waals surface area (Å²) in [7, 11) is 0. The van der Waals surface area contributed by atoms with E-state index in [0.717, 1.165) is 10.5 Å². The van der Waals surface area contributed by atoms with Crippen LogP contribution in [0.4, 0.5) is 17.1 Å². The van der Waals surface area contributed by atoms with Crippen LogP contribution in [0.5, 0.6) is 5.75 Å². The predicted octanol–water partition coefficient (Wildman–Crippen LogP) is 5.34. The zero-order chi connectivity index (χ0) is 24.9. The number of anilines is 3. The van der Waals surface area contributed by atoms with Crippen LogP contribution in [-0.2, 0) is 16.0 Å². The van der Waals surface area contributed by atoms with Crippen LogP contribution < -0.4 is 20.3 Å². The van der Waals surface area contributed by atoms with Gasteiger partial charge in [-0.05, 0) is 61.4 Å². The highest BCUT2D eigenvalue weighted by atomic mass is 35.5. The summed E-state index contributed by atoms with van der Waals surface area (Å²) in [4.78, 5) is 39.7. The first-order valence-corrected chi connectivity index (χ1v) is 11.6. The fourth-order valence-corrected chi connectivity index (χ4v) is 3.97. The molecule has 3 aromatic carbocycles. The van der Waals surface area contributed by atoms with E-state index in [-0.39, 0.29) is 16.6 Å². The molecule has 0 saturated carbocycles. The largest absolute Gasteiger partial charge is 0.492 e. The number of halogens is 1. The van der Waals surface area contributed by atoms with Crippen LogP contribution in [0.15, 0.2) is 83.5 Å². The third kappa shape index (κ3) is 4.90. The minimum Gasteiger partial charge on any atom is -0.492 e. The van der Waals surface area contributed by atoms with Crippen molar-refractivity contribution in [3.05, 3.63) is 94.7 Å². The third-order valence-corrected chi connectivity index (χ3v) is 5.84. The highest BCUT2D eigenvalue weighted by molar-refractivity contribution is 6.53. The Morgan fingerprint density at radius 3 is 2.31 bits per heavy atom. The summed E-state index contributed by atoms with van der Waals surface area (Å²) in [6, 6.07) is 20.9. The molecule has 0 spiro atoms. The van der Waals surface area contributed by atoms with Gasteiger partial charge in [-0.2, -0.15) is 0 Å². The van der Waals surface area contributed by atoms with E-state index in [4.69, 9.17) is 16.3 Å². The first kappa shape index (κ1) is 24.0. The lowest BCUT2D eigenvalue weighted by molar-refractivity contribution is -0.120. The molecular formula is C27H24ClN3O4. The van der Waals surface area contributed by atoms with Crippen molar-refractivity contribution in [2.24, 2.45) is 0 Å². The molecule has 0 radical (unpaired) electrons. The summed E-state index contributed by atoms with van der Waals surface area (Å²) < 4.78 is 5.55. The van der Waals surface area contributed by atoms with E-state index < -0.39 is 11.8 Å². The standard InChI is InChI=1S/C27H24ClN3O4/c1-3-17-9-5-7-11-21(17)31-26(33)23(28)24(27(31)34)29-19-15-13-18(14-16-19)25(32)30-20-10-6-8-12-22(20)35-4-2/h5-16,29H,3-4H2,1-2H3,(H,30,32). The molecule has 0 unspecified atom stereocenters. The van der Waals surface area contributed by atoms with Gasteiger partial charge in [-0.3, -0.25) is 14.4 Å². The van der Waals surface area contributed by atoms with E-state index in [1.54, 1.807) is 48.5 Å². The number of nitrogens with one attached hydrogen (secondary N) is 2. The topological polar surface area (TPSA) is 87.7 Å². The number of hydrogen-bond donors (Lipinski definition) is 2. The summed E-state index contributed by atoms with van der Waals surface area (Å²) >= 11 is 6.26. The number of imide groups is 1. The number of nitrogens with zero attached hydrogens (tertiary/aromatic N) is 1. The number of hydrogen-bond acceptors (Lipinski definition) is 5. The normalized spacial score (nSPS) is 13.3. The summed E-state index contributed by atoms with van der Waals surface area (Å²) in [6.07, 6.45) is 0.659. The van der Waals surface area contributed by atoms with Crippen molar-refractivity contribution in [3.8, 4) is 5.75 Å². The molecule has 1 aliphatic heterocycles. The Bertz CT molecular complexity index is 1320. The zero-order valence-electron chi connectivity index (χ0n) is 19.3. The number of rotatable bonds is 8. The Kier molecular flexibility index (Phi) is 7.17. The van der Waals surface area contributed by atoms with Crippen LogP contribution in [0.1, 0.15) is 29.8 Å². The van der Waals surface area contributed by atoms with Gasteiger partial charge in [0.25, 0.3) is 17.7 Å². The summed E-state index contributed by atoms with van der Waals surface area (Å²) in [6.45, 7) is 4.30. The van der Waals surface area contributed by atoms with E-state index in [0.29, 0.717) is 41.4 Å². The number of benzene rings is 3. The molecule has 3 aromatic rings. The predicted molar refractivity (Wildman–Crippen MR) is 137 cm³/mol. The molecule has 0 fully saturated rings. The minimum atomic E-state index is -0.580. The summed E-state index contributed by atoms with van der Waals surface area (Å²) in [5, 5.41) is 5.59. The Balaban J connectivity index is 1.49. The van der Waals surface area contributed by atoms with Gasteiger partial charge in [0, 0.05) is 11.3 Å². The Morgan fingerprint density at radius 2 is 1.60 bits per heavy atom. The number of aryl methyl sites for hydroxylation is 1. The van der Waals surface area contributed by atoms with Crippen molar-refractivity contribution in [2.45, 2.75) is 20.3 Å². The minimum absolute atomic E-state index is 0.00887. The molecule has 2 N–H and O–H groups in total. The van der Waals surface area contributed by atoms with Gasteiger partial charge < -0.3 is 15.4 Å². The lowest BCUT2D eigenvalue weighted by Gasteiger charge is -2.18. The average molecular weight is 490 g/mol. The van der Waals surface area contributed by atoms with Gasteiger partial charge >= 0.3 is 0 Å². The van der Waals surface area contributed by atoms with E-state index in [2.05, 4.69) is 10.6 Å². The van der Waals surface area contributed by atoms with Crippen LogP contribution >= 0.6 is 11.6 Å². The molecule has 35 heavy (non-hydrogen) atoms. The fraction of sp³-hybridized carbons (Fsp3) is 0.148. The Hall–Kier alpha value is -4.10. The van der Waals surface area contributed by atoms with E-state index in [1.165, 1.54) is 0 Å². The lowest BCUT2D eigenvalue weighted by atomic mass is 10.1. The molecule has 4 rings (SSSR count). The molecular weight excluding hydrogens is 466 g/mol. The van der Waals surface area contributed by atoms with Gasteiger partial charge in [0.2, 0.25) is 0 Å². The maximum absolute atomic E-state index is 13.1. The van der Waals surface area contributed by atoms with E-state index in [9.17, 15) is 14.4 Å². The Morgan fingerprint density at radius 1 is 0.914 bits per heavy atom. The number of carbonyl (C=O) groups excluding carboxylic acids is 3. The van der Waals surface area contributed by atoms with Crippen LogP contribution in [0.3, 0.4) is 0 Å². The second kappa shape index (κ2) is 10.4. The van der Waals surface area contributed by atoms with Crippen LogP contribution in [-0.4, -0.2) is 24.3 Å². The van der Waals surface area contributed by atoms with Crippen molar-refractivity contribution >= 4 is 46.4 Å². The molecule has 0 saturated heterocycles. The molecule has 0 atom stereocenters. The van der Waals surface area contributed by atoms with Crippen molar-refractivity contribution in [3.63, 3.8) is 0 Å². The number of amides is 3. The van der Waals surface area contributed by atoms with Gasteiger partial charge in [-0.1, -0.05) is 48.9 Å². The van der Waals surface area contributed by atoms with Crippen LogP contribution in [0.25, 0.3) is 0 Å². The van der Waals surface area contributed by atoms with Gasteiger partial charge in [0.15, 0.2) is 0 Å². The van der Waals surface area contributed by atoms with Crippen molar-refractivity contribution < 1.29 is 19.1 Å². The summed E-state index contributed by atoms with van der Waals surface area (Å²) in [5.41, 5.74) is 2.86. The molecule has 1 aliphatic rings. The smallest absolute Gasteiger partial charge is 0.283 e. The van der Waals surface area contributed by atoms with Crippen LogP contribution in [0, 0.1) is 0 Å². The number of ether oxygens (including phenoxy) is 1. The van der Waals surface area contributed by atoms with E-state index in [1.807, 2.05) is 38.1 Å². The molecule has 178 valence electrons. The van der Waals surface area contributed by atoms with Crippen LogP contribution in [0.2, 0.25) is 0 Å². The molecule has 0 aromatic heterocycles. The van der Waals surface area contributed by atoms with Gasteiger partial charge in [0.05, 0.1) is 18.0 Å². The second-order valence-electron chi connectivity index (χ2n) is 7.70. The van der Waals surface area contributed by atoms with Gasteiger partial charge in [-0.25, -0.2) is 4.90 Å². The quantitative estimate of drug-likeness (QED) is 0.417. The SMILES string of the molecule is CCOc1ccccc1NC(=O)c1ccc(NC2=C(Cl)C(=O)N(c3ccccc3CC)C2=O)cc1. The molecule has 0 bridgehead atoms. The van der Waals surface area contributed by atoms with E-state index >= 15 is 0 Å². The fourth-order valence-electron chi connectivity index (χ4n) is 3.75. The third-order valence-electron chi connectivity index (χ3n) is 5.49. The molecule has 1 heterocycles. The van der Waals surface area contributed by atoms with Crippen molar-refractivity contribution in [1.29, 1.82) is 0 Å². The lowest BCUT2D eigenvalue weighted by Crippen LogP contribution is -2.33. The van der Waals surface area contributed by atoms with Gasteiger partial charge in [-0.15, -0.1) is 0 Å². The Labute approximate surface area is 208 Å². The highest BCUT2D eigenvalue weighted by Gasteiger charge is 2.39. The first-order valence-electron chi connectivity index (χ1n) is 11.2. The monoisotopic (exact) mass is 489 g/mol. The molecule has 3 amide bonds. The number of carbonyl (C=O) groups is 3.